The average molecular weight is 214 g/mol. The van der Waals surface area contributed by atoms with Crippen molar-refractivity contribution in [3.05, 3.63) is 12.2 Å². The molecule has 2 N–H and O–H groups in total. The molecule has 0 amide bonds. The molecule has 0 aliphatic heterocycles. The first-order chi connectivity index (χ1) is 6.85. The number of esters is 1. The second-order valence-electron chi connectivity index (χ2n) is 4.03. The third kappa shape index (κ3) is 2.36. The molecule has 0 radical (unpaired) electrons. The summed E-state index contributed by atoms with van der Waals surface area (Å²) < 4.78 is 4.89. The van der Waals surface area contributed by atoms with Gasteiger partial charge >= 0.3 is 11.9 Å². The van der Waals surface area contributed by atoms with Crippen molar-refractivity contribution in [1.82, 2.24) is 0 Å². The number of ether oxygens (including phenoxy) is 1. The van der Waals surface area contributed by atoms with Crippen molar-refractivity contribution in [2.24, 2.45) is 5.41 Å². The maximum atomic E-state index is 11.5. The Hall–Kier alpha value is -1.36. The highest BCUT2D eigenvalue weighted by Gasteiger charge is 2.40. The molecule has 1 aliphatic rings. The molecule has 0 aromatic heterocycles. The van der Waals surface area contributed by atoms with Gasteiger partial charge in [0.05, 0.1) is 6.10 Å². The number of carbonyl (C=O) groups excluding carboxylic acids is 1. The van der Waals surface area contributed by atoms with Gasteiger partial charge in [-0.15, -0.1) is 0 Å². The molecule has 0 heterocycles. The van der Waals surface area contributed by atoms with Gasteiger partial charge in [0, 0.05) is 0 Å². The van der Waals surface area contributed by atoms with Crippen LogP contribution in [0.5, 0.6) is 0 Å². The van der Waals surface area contributed by atoms with E-state index in [4.69, 9.17) is 9.84 Å². The van der Waals surface area contributed by atoms with Gasteiger partial charge in [0.1, 0.15) is 6.10 Å². The molecular formula is C10H14O5. The predicted octanol–water partition coefficient (Wildman–Crippen LogP) is 0.330. The summed E-state index contributed by atoms with van der Waals surface area (Å²) in [6.45, 7) is 2.53. The van der Waals surface area contributed by atoms with E-state index in [0.717, 1.165) is 0 Å². The third-order valence-electron chi connectivity index (χ3n) is 2.37. The van der Waals surface area contributed by atoms with E-state index in [2.05, 4.69) is 0 Å². The summed E-state index contributed by atoms with van der Waals surface area (Å²) in [7, 11) is 0. The van der Waals surface area contributed by atoms with Gasteiger partial charge in [0.2, 0.25) is 0 Å². The fourth-order valence-electron chi connectivity index (χ4n) is 1.09. The topological polar surface area (TPSA) is 83.8 Å². The monoisotopic (exact) mass is 214 g/mol. The first kappa shape index (κ1) is 11.7. The van der Waals surface area contributed by atoms with Crippen molar-refractivity contribution in [2.75, 3.05) is 0 Å². The Morgan fingerprint density at radius 1 is 1.47 bits per heavy atom. The summed E-state index contributed by atoms with van der Waals surface area (Å²) >= 11 is 0. The number of carboxylic acid groups (broad SMARTS) is 1. The lowest BCUT2D eigenvalue weighted by atomic mass is 9.94. The van der Waals surface area contributed by atoms with E-state index in [0.29, 0.717) is 6.42 Å². The van der Waals surface area contributed by atoms with E-state index < -0.39 is 29.6 Å². The maximum Gasteiger partial charge on any atom is 0.323 e. The van der Waals surface area contributed by atoms with Gasteiger partial charge in [0.25, 0.3) is 0 Å². The smallest absolute Gasteiger partial charge is 0.323 e. The van der Waals surface area contributed by atoms with E-state index in [1.54, 1.807) is 12.2 Å². The molecule has 5 nitrogen and oxygen atoms in total. The van der Waals surface area contributed by atoms with Crippen LogP contribution < -0.4 is 0 Å². The van der Waals surface area contributed by atoms with Crippen LogP contribution in [0.2, 0.25) is 0 Å². The summed E-state index contributed by atoms with van der Waals surface area (Å²) in [4.78, 5) is 22.2. The number of rotatable bonds is 3. The van der Waals surface area contributed by atoms with Gasteiger partial charge < -0.3 is 14.9 Å². The summed E-state index contributed by atoms with van der Waals surface area (Å²) in [5, 5.41) is 18.1. The van der Waals surface area contributed by atoms with Gasteiger partial charge in [-0.3, -0.25) is 9.59 Å². The van der Waals surface area contributed by atoms with Crippen molar-refractivity contribution in [3.63, 3.8) is 0 Å². The Labute approximate surface area is 87.4 Å². The Kier molecular flexibility index (Phi) is 3.14. The lowest BCUT2D eigenvalue weighted by molar-refractivity contribution is -0.171. The van der Waals surface area contributed by atoms with E-state index in [1.165, 1.54) is 13.8 Å². The molecule has 0 bridgehead atoms. The lowest BCUT2D eigenvalue weighted by Crippen LogP contribution is -2.38. The predicted molar refractivity (Wildman–Crippen MR) is 51.1 cm³/mol. The normalized spacial score (nSPS) is 25.3. The fraction of sp³-hybridized carbons (Fsp3) is 0.600. The lowest BCUT2D eigenvalue weighted by Gasteiger charge is -2.21. The van der Waals surface area contributed by atoms with Crippen LogP contribution in [-0.4, -0.2) is 34.4 Å². The number of carbonyl (C=O) groups is 2. The molecule has 84 valence electrons. The average Bonchev–Trinajstić information content (AvgIpc) is 2.51. The molecule has 0 spiro atoms. The van der Waals surface area contributed by atoms with Crippen molar-refractivity contribution >= 4 is 11.9 Å². The standard InChI is InChI=1S/C10H14O5/c1-10(2,8(12)13)9(14)15-7-5-3-4-6(7)11/h3,5-7,11H,4H2,1-2H3,(H,12,13)/t6-,7+/m1/s1. The van der Waals surface area contributed by atoms with Gasteiger partial charge in [-0.2, -0.15) is 0 Å². The van der Waals surface area contributed by atoms with Crippen LogP contribution in [0.4, 0.5) is 0 Å². The van der Waals surface area contributed by atoms with Gasteiger partial charge in [-0.05, 0) is 26.3 Å². The fourth-order valence-corrected chi connectivity index (χ4v) is 1.09. The van der Waals surface area contributed by atoms with Crippen LogP contribution in [0.1, 0.15) is 20.3 Å². The minimum atomic E-state index is -1.59. The van der Waals surface area contributed by atoms with Gasteiger partial charge in [-0.1, -0.05) is 6.08 Å². The van der Waals surface area contributed by atoms with Crippen molar-refractivity contribution < 1.29 is 24.5 Å². The molecule has 1 rings (SSSR count). The highest BCUT2D eigenvalue weighted by atomic mass is 16.6. The van der Waals surface area contributed by atoms with Gasteiger partial charge in [0.15, 0.2) is 5.41 Å². The first-order valence-electron chi connectivity index (χ1n) is 4.65. The van der Waals surface area contributed by atoms with Crippen molar-refractivity contribution in [1.29, 1.82) is 0 Å². The molecule has 0 fully saturated rings. The molecule has 0 saturated carbocycles. The van der Waals surface area contributed by atoms with Crippen LogP contribution in [-0.2, 0) is 14.3 Å². The van der Waals surface area contributed by atoms with Crippen molar-refractivity contribution in [3.8, 4) is 0 Å². The zero-order chi connectivity index (χ0) is 11.6. The van der Waals surface area contributed by atoms with Crippen molar-refractivity contribution in [2.45, 2.75) is 32.5 Å². The van der Waals surface area contributed by atoms with E-state index in [9.17, 15) is 14.7 Å². The zero-order valence-electron chi connectivity index (χ0n) is 8.64. The Balaban J connectivity index is 2.63. The number of aliphatic hydroxyl groups is 1. The minimum Gasteiger partial charge on any atom is -0.480 e. The van der Waals surface area contributed by atoms with Crippen LogP contribution in [0.3, 0.4) is 0 Å². The van der Waals surface area contributed by atoms with Crippen LogP contribution in [0.15, 0.2) is 12.2 Å². The molecule has 0 aromatic carbocycles. The molecule has 2 atom stereocenters. The third-order valence-corrected chi connectivity index (χ3v) is 2.37. The number of aliphatic hydroxyl groups excluding tert-OH is 1. The zero-order valence-corrected chi connectivity index (χ0v) is 8.64. The number of hydrogen-bond donors (Lipinski definition) is 2. The largest absolute Gasteiger partial charge is 0.480 e. The molecule has 0 aromatic rings. The highest BCUT2D eigenvalue weighted by molar-refractivity contribution is 5.98. The molecule has 15 heavy (non-hydrogen) atoms. The van der Waals surface area contributed by atoms with Crippen LogP contribution in [0, 0.1) is 5.41 Å². The minimum absolute atomic E-state index is 0.422. The molecular weight excluding hydrogens is 200 g/mol. The quantitative estimate of drug-likeness (QED) is 0.402. The second kappa shape index (κ2) is 4.02. The summed E-state index contributed by atoms with van der Waals surface area (Å²) in [6, 6.07) is 0. The number of aliphatic carboxylic acids is 1. The van der Waals surface area contributed by atoms with E-state index in [-0.39, 0.29) is 0 Å². The van der Waals surface area contributed by atoms with Crippen LogP contribution >= 0.6 is 0 Å². The van der Waals surface area contributed by atoms with E-state index in [1.807, 2.05) is 0 Å². The SMILES string of the molecule is CC(C)(C(=O)O)C(=O)O[C@H]1C=CC[C@H]1O. The summed E-state index contributed by atoms with van der Waals surface area (Å²) in [6.07, 6.45) is 2.18. The first-order valence-corrected chi connectivity index (χ1v) is 4.65. The summed E-state index contributed by atoms with van der Waals surface area (Å²) in [5.41, 5.74) is -1.59. The van der Waals surface area contributed by atoms with E-state index >= 15 is 0 Å². The molecule has 5 heteroatoms. The summed E-state index contributed by atoms with van der Waals surface area (Å²) in [5.74, 6) is -2.09. The Morgan fingerprint density at radius 2 is 2.07 bits per heavy atom. The second-order valence-corrected chi connectivity index (χ2v) is 4.03. The van der Waals surface area contributed by atoms with Crippen LogP contribution in [0.25, 0.3) is 0 Å². The van der Waals surface area contributed by atoms with Gasteiger partial charge in [-0.25, -0.2) is 0 Å². The Bertz CT molecular complexity index is 305. The number of carboxylic acids is 1. The molecule has 0 saturated heterocycles. The highest BCUT2D eigenvalue weighted by Crippen LogP contribution is 2.22. The molecule has 0 unspecified atom stereocenters. The number of hydrogen-bond acceptors (Lipinski definition) is 4. The Morgan fingerprint density at radius 3 is 2.47 bits per heavy atom. The molecule has 1 aliphatic carbocycles. The maximum absolute atomic E-state index is 11.5.